The van der Waals surface area contributed by atoms with Crippen molar-refractivity contribution in [3.8, 4) is 5.75 Å². The first-order chi connectivity index (χ1) is 9.47. The Morgan fingerprint density at radius 1 is 1.20 bits per heavy atom. The molecule has 0 saturated heterocycles. The summed E-state index contributed by atoms with van der Waals surface area (Å²) >= 11 is 5.86. The van der Waals surface area contributed by atoms with E-state index in [1.165, 1.54) is 36.7 Å². The minimum absolute atomic E-state index is 0.0511. The predicted molar refractivity (Wildman–Crippen MR) is 72.3 cm³/mol. The number of carbonyl (C=O) groups is 2. The number of carboxylic acids is 1. The number of anilines is 1. The zero-order valence-corrected chi connectivity index (χ0v) is 10.8. The topological polar surface area (TPSA) is 99.5 Å². The third-order valence-electron chi connectivity index (χ3n) is 2.44. The maximum atomic E-state index is 12.0. The molecule has 1 amide bonds. The minimum Gasteiger partial charge on any atom is -0.508 e. The molecule has 0 atom stereocenters. The van der Waals surface area contributed by atoms with Crippen LogP contribution in [0.3, 0.4) is 0 Å². The standard InChI is InChI=1S/C13H9ClN2O4/c14-11-2-1-9(17)4-10(11)12(18)16-8-3-7(13(19)20)5-15-6-8/h1-6,17H,(H,16,18)(H,19,20). The third-order valence-corrected chi connectivity index (χ3v) is 2.77. The van der Waals surface area contributed by atoms with Crippen LogP contribution in [0.15, 0.2) is 36.7 Å². The Balaban J connectivity index is 2.25. The molecule has 0 aliphatic carbocycles. The predicted octanol–water partition coefficient (Wildman–Crippen LogP) is 2.39. The van der Waals surface area contributed by atoms with E-state index < -0.39 is 11.9 Å². The lowest BCUT2D eigenvalue weighted by Gasteiger charge is -2.07. The fourth-order valence-corrected chi connectivity index (χ4v) is 1.71. The number of carboxylic acid groups (broad SMARTS) is 1. The van der Waals surface area contributed by atoms with Gasteiger partial charge >= 0.3 is 5.97 Å². The highest BCUT2D eigenvalue weighted by molar-refractivity contribution is 6.34. The number of rotatable bonds is 3. The second-order valence-electron chi connectivity index (χ2n) is 3.89. The van der Waals surface area contributed by atoms with E-state index in [2.05, 4.69) is 10.3 Å². The summed E-state index contributed by atoms with van der Waals surface area (Å²) in [6.07, 6.45) is 2.47. The fourth-order valence-electron chi connectivity index (χ4n) is 1.51. The number of amides is 1. The van der Waals surface area contributed by atoms with Crippen LogP contribution in [0.2, 0.25) is 5.02 Å². The van der Waals surface area contributed by atoms with Crippen molar-refractivity contribution in [2.24, 2.45) is 0 Å². The van der Waals surface area contributed by atoms with Gasteiger partial charge in [0.05, 0.1) is 28.0 Å². The Morgan fingerprint density at radius 2 is 1.95 bits per heavy atom. The van der Waals surface area contributed by atoms with Crippen molar-refractivity contribution in [1.29, 1.82) is 0 Å². The number of pyridine rings is 1. The Hall–Kier alpha value is -2.60. The van der Waals surface area contributed by atoms with Gasteiger partial charge in [0.1, 0.15) is 5.75 Å². The molecule has 0 unspecified atom stereocenters. The zero-order chi connectivity index (χ0) is 14.7. The summed E-state index contributed by atoms with van der Waals surface area (Å²) in [5, 5.41) is 20.8. The van der Waals surface area contributed by atoms with Crippen molar-refractivity contribution >= 4 is 29.2 Å². The first-order valence-electron chi connectivity index (χ1n) is 5.45. The molecular weight excluding hydrogens is 284 g/mol. The number of phenols is 1. The molecule has 0 aliphatic heterocycles. The zero-order valence-electron chi connectivity index (χ0n) is 10.0. The quantitative estimate of drug-likeness (QED) is 0.806. The number of nitrogens with zero attached hydrogens (tertiary/aromatic N) is 1. The van der Waals surface area contributed by atoms with Crippen LogP contribution in [0.25, 0.3) is 0 Å². The lowest BCUT2D eigenvalue weighted by atomic mass is 10.2. The average Bonchev–Trinajstić information content (AvgIpc) is 2.41. The number of aromatic carboxylic acids is 1. The number of phenolic OH excluding ortho intramolecular Hbond substituents is 1. The SMILES string of the molecule is O=C(O)c1cncc(NC(=O)c2cc(O)ccc2Cl)c1. The molecule has 3 N–H and O–H groups in total. The Kier molecular flexibility index (Phi) is 3.86. The third kappa shape index (κ3) is 3.04. The highest BCUT2D eigenvalue weighted by Crippen LogP contribution is 2.22. The molecular formula is C13H9ClN2O4. The molecule has 0 fully saturated rings. The number of aromatic hydroxyl groups is 1. The van der Waals surface area contributed by atoms with E-state index in [0.29, 0.717) is 0 Å². The van der Waals surface area contributed by atoms with Crippen molar-refractivity contribution in [3.63, 3.8) is 0 Å². The molecule has 7 heteroatoms. The molecule has 2 aromatic rings. The van der Waals surface area contributed by atoms with Crippen LogP contribution < -0.4 is 5.32 Å². The molecule has 0 radical (unpaired) electrons. The normalized spacial score (nSPS) is 10.1. The first kappa shape index (κ1) is 13.8. The second kappa shape index (κ2) is 5.58. The van der Waals surface area contributed by atoms with Crippen LogP contribution in [0.1, 0.15) is 20.7 Å². The van der Waals surface area contributed by atoms with Crippen LogP contribution in [0, 0.1) is 0 Å². The Bertz CT molecular complexity index is 688. The van der Waals surface area contributed by atoms with E-state index in [-0.39, 0.29) is 27.6 Å². The van der Waals surface area contributed by atoms with Gasteiger partial charge in [-0.25, -0.2) is 4.79 Å². The summed E-state index contributed by atoms with van der Waals surface area (Å²) in [4.78, 5) is 26.5. The summed E-state index contributed by atoms with van der Waals surface area (Å²) in [6, 6.07) is 5.22. The number of aromatic nitrogens is 1. The van der Waals surface area contributed by atoms with Gasteiger partial charge in [-0.05, 0) is 24.3 Å². The lowest BCUT2D eigenvalue weighted by Crippen LogP contribution is -2.13. The van der Waals surface area contributed by atoms with Crippen molar-refractivity contribution in [3.05, 3.63) is 52.8 Å². The maximum absolute atomic E-state index is 12.0. The number of halogens is 1. The van der Waals surface area contributed by atoms with E-state index in [9.17, 15) is 14.7 Å². The van der Waals surface area contributed by atoms with Crippen molar-refractivity contribution in [1.82, 2.24) is 4.98 Å². The Labute approximate surface area is 118 Å². The lowest BCUT2D eigenvalue weighted by molar-refractivity contribution is 0.0696. The molecule has 0 spiro atoms. The molecule has 102 valence electrons. The number of hydrogen-bond donors (Lipinski definition) is 3. The van der Waals surface area contributed by atoms with Gasteiger partial charge in [0.15, 0.2) is 0 Å². The smallest absolute Gasteiger partial charge is 0.337 e. The minimum atomic E-state index is -1.15. The van der Waals surface area contributed by atoms with Crippen LogP contribution in [-0.4, -0.2) is 27.1 Å². The molecule has 20 heavy (non-hydrogen) atoms. The van der Waals surface area contributed by atoms with Gasteiger partial charge < -0.3 is 15.5 Å². The van der Waals surface area contributed by atoms with Crippen molar-refractivity contribution < 1.29 is 19.8 Å². The molecule has 0 saturated carbocycles. The highest BCUT2D eigenvalue weighted by Gasteiger charge is 2.13. The number of benzene rings is 1. The van der Waals surface area contributed by atoms with E-state index in [4.69, 9.17) is 16.7 Å². The molecule has 1 aromatic heterocycles. The van der Waals surface area contributed by atoms with Crippen LogP contribution >= 0.6 is 11.6 Å². The summed E-state index contributed by atoms with van der Waals surface area (Å²) in [5.41, 5.74) is 0.242. The molecule has 0 aliphatic rings. The van der Waals surface area contributed by atoms with E-state index >= 15 is 0 Å². The van der Waals surface area contributed by atoms with Crippen molar-refractivity contribution in [2.45, 2.75) is 0 Å². The molecule has 1 aromatic carbocycles. The molecule has 0 bridgehead atoms. The first-order valence-corrected chi connectivity index (χ1v) is 5.83. The van der Waals surface area contributed by atoms with Crippen LogP contribution in [0.5, 0.6) is 5.75 Å². The van der Waals surface area contributed by atoms with Gasteiger partial charge in [0.2, 0.25) is 0 Å². The van der Waals surface area contributed by atoms with Gasteiger partial charge in [-0.1, -0.05) is 11.6 Å². The van der Waals surface area contributed by atoms with Gasteiger partial charge in [-0.15, -0.1) is 0 Å². The van der Waals surface area contributed by atoms with Gasteiger partial charge in [0.25, 0.3) is 5.91 Å². The number of nitrogens with one attached hydrogen (secondary N) is 1. The van der Waals surface area contributed by atoms with E-state index in [0.717, 1.165) is 0 Å². The molecule has 1 heterocycles. The number of hydrogen-bond acceptors (Lipinski definition) is 4. The molecule has 2 rings (SSSR count). The fraction of sp³-hybridized carbons (Fsp3) is 0. The van der Waals surface area contributed by atoms with Crippen molar-refractivity contribution in [2.75, 3.05) is 5.32 Å². The number of carbonyl (C=O) groups excluding carboxylic acids is 1. The van der Waals surface area contributed by atoms with E-state index in [1.54, 1.807) is 0 Å². The van der Waals surface area contributed by atoms with Gasteiger partial charge in [-0.2, -0.15) is 0 Å². The largest absolute Gasteiger partial charge is 0.508 e. The summed E-state index contributed by atoms with van der Waals surface area (Å²) < 4.78 is 0. The summed E-state index contributed by atoms with van der Waals surface area (Å²) in [5.74, 6) is -1.82. The monoisotopic (exact) mass is 292 g/mol. The summed E-state index contributed by atoms with van der Waals surface area (Å²) in [7, 11) is 0. The summed E-state index contributed by atoms with van der Waals surface area (Å²) in [6.45, 7) is 0. The maximum Gasteiger partial charge on any atom is 0.337 e. The van der Waals surface area contributed by atoms with Crippen LogP contribution in [0.4, 0.5) is 5.69 Å². The highest BCUT2D eigenvalue weighted by atomic mass is 35.5. The van der Waals surface area contributed by atoms with E-state index in [1.807, 2.05) is 0 Å². The van der Waals surface area contributed by atoms with Crippen LogP contribution in [-0.2, 0) is 0 Å². The Morgan fingerprint density at radius 3 is 2.65 bits per heavy atom. The molecule has 6 nitrogen and oxygen atoms in total. The second-order valence-corrected chi connectivity index (χ2v) is 4.29. The average molecular weight is 293 g/mol. The van der Waals surface area contributed by atoms with Gasteiger partial charge in [-0.3, -0.25) is 9.78 Å². The van der Waals surface area contributed by atoms with Gasteiger partial charge in [0, 0.05) is 6.20 Å².